The van der Waals surface area contributed by atoms with E-state index in [9.17, 15) is 9.18 Å². The Bertz CT molecular complexity index is 836. The van der Waals surface area contributed by atoms with Crippen LogP contribution >= 0.6 is 0 Å². The van der Waals surface area contributed by atoms with Crippen LogP contribution in [-0.2, 0) is 6.42 Å². The van der Waals surface area contributed by atoms with Crippen molar-refractivity contribution in [3.63, 3.8) is 0 Å². The highest BCUT2D eigenvalue weighted by Crippen LogP contribution is 2.25. The summed E-state index contributed by atoms with van der Waals surface area (Å²) in [7, 11) is 0. The highest BCUT2D eigenvalue weighted by atomic mass is 19.1. The molecule has 0 fully saturated rings. The topological polar surface area (TPSA) is 39.4 Å². The molecule has 0 aliphatic heterocycles. The van der Waals surface area contributed by atoms with E-state index in [-0.39, 0.29) is 11.1 Å². The Labute approximate surface area is 166 Å². The molecule has 0 atom stereocenters. The molecule has 1 aromatic carbocycles. The molecule has 3 nitrogen and oxygen atoms in total. The van der Waals surface area contributed by atoms with Crippen molar-refractivity contribution in [2.24, 2.45) is 0 Å². The smallest absolute Gasteiger partial charge is 0.346 e. The van der Waals surface area contributed by atoms with Crippen molar-refractivity contribution in [1.82, 2.24) is 0 Å². The summed E-state index contributed by atoms with van der Waals surface area (Å²) in [4.78, 5) is 12.3. The van der Waals surface area contributed by atoms with Crippen molar-refractivity contribution >= 4 is 10.8 Å². The standard InChI is InChI=1S/C24H31FO3/c1-3-5-7-9-10-12-14-20-18-19-15-16-21(23(25)22(19)24(26)28-20)27-17-13-11-8-6-4-2/h3,9-10,15-16,18H,1,4-8,11-14,17H2,2H3/b10-9+. The molecule has 28 heavy (non-hydrogen) atoms. The van der Waals surface area contributed by atoms with Gasteiger partial charge in [-0.05, 0) is 43.2 Å². The Morgan fingerprint density at radius 1 is 1.11 bits per heavy atom. The van der Waals surface area contributed by atoms with Gasteiger partial charge in [0.1, 0.15) is 11.1 Å². The number of fused-ring (bicyclic) bond motifs is 1. The minimum Gasteiger partial charge on any atom is -0.490 e. The molecule has 0 aliphatic carbocycles. The fraction of sp³-hybridized carbons (Fsp3) is 0.458. The summed E-state index contributed by atoms with van der Waals surface area (Å²) in [6.07, 6.45) is 14.8. The third kappa shape index (κ3) is 6.66. The van der Waals surface area contributed by atoms with Gasteiger partial charge >= 0.3 is 5.63 Å². The van der Waals surface area contributed by atoms with Crippen LogP contribution in [0.1, 0.15) is 64.1 Å². The average molecular weight is 387 g/mol. The maximum atomic E-state index is 14.7. The van der Waals surface area contributed by atoms with Crippen LogP contribution in [0.5, 0.6) is 5.75 Å². The lowest BCUT2D eigenvalue weighted by molar-refractivity contribution is 0.291. The molecule has 152 valence electrons. The van der Waals surface area contributed by atoms with Crippen LogP contribution in [0.2, 0.25) is 0 Å². The van der Waals surface area contributed by atoms with Gasteiger partial charge in [-0.1, -0.05) is 56.9 Å². The van der Waals surface area contributed by atoms with Crippen LogP contribution in [0.15, 0.2) is 52.2 Å². The number of rotatable bonds is 13. The lowest BCUT2D eigenvalue weighted by Gasteiger charge is -2.09. The van der Waals surface area contributed by atoms with Gasteiger partial charge in [-0.3, -0.25) is 0 Å². The number of ether oxygens (including phenoxy) is 1. The van der Waals surface area contributed by atoms with Crippen molar-refractivity contribution in [3.8, 4) is 5.75 Å². The molecular weight excluding hydrogens is 355 g/mol. The van der Waals surface area contributed by atoms with E-state index in [1.807, 2.05) is 6.08 Å². The summed E-state index contributed by atoms with van der Waals surface area (Å²) in [5.74, 6) is 0.0544. The average Bonchev–Trinajstić information content (AvgIpc) is 2.68. The third-order valence-electron chi connectivity index (χ3n) is 4.65. The van der Waals surface area contributed by atoms with Crippen LogP contribution in [0.25, 0.3) is 10.8 Å². The number of unbranched alkanes of at least 4 members (excludes halogenated alkanes) is 5. The van der Waals surface area contributed by atoms with Crippen molar-refractivity contribution in [2.45, 2.75) is 64.7 Å². The second kappa shape index (κ2) is 12.2. The molecule has 2 rings (SSSR count). The van der Waals surface area contributed by atoms with Crippen molar-refractivity contribution in [2.75, 3.05) is 6.61 Å². The fourth-order valence-corrected chi connectivity index (χ4v) is 3.07. The summed E-state index contributed by atoms with van der Waals surface area (Å²) in [6, 6.07) is 5.07. The number of allylic oxidation sites excluding steroid dienone is 3. The molecule has 0 saturated carbocycles. The molecule has 0 saturated heterocycles. The number of halogens is 1. The van der Waals surface area contributed by atoms with Gasteiger partial charge in [0.05, 0.1) is 6.61 Å². The number of aryl methyl sites for hydroxylation is 1. The molecule has 2 aromatic rings. The number of benzene rings is 1. The van der Waals surface area contributed by atoms with Gasteiger partial charge in [-0.2, -0.15) is 0 Å². The van der Waals surface area contributed by atoms with E-state index in [2.05, 4.69) is 25.7 Å². The van der Waals surface area contributed by atoms with Gasteiger partial charge in [-0.25, -0.2) is 9.18 Å². The quantitative estimate of drug-likeness (QED) is 0.283. The molecule has 0 spiro atoms. The van der Waals surface area contributed by atoms with Crippen molar-refractivity contribution in [3.05, 3.63) is 65.0 Å². The van der Waals surface area contributed by atoms with E-state index in [0.29, 0.717) is 24.2 Å². The maximum Gasteiger partial charge on any atom is 0.346 e. The molecule has 0 bridgehead atoms. The Hall–Kier alpha value is -2.36. The lowest BCUT2D eigenvalue weighted by Crippen LogP contribution is -2.07. The first-order chi connectivity index (χ1) is 13.7. The largest absolute Gasteiger partial charge is 0.490 e. The van der Waals surface area contributed by atoms with E-state index in [1.54, 1.807) is 18.2 Å². The summed E-state index contributed by atoms with van der Waals surface area (Å²) >= 11 is 0. The Morgan fingerprint density at radius 2 is 1.89 bits per heavy atom. The lowest BCUT2D eigenvalue weighted by atomic mass is 10.1. The molecular formula is C24H31FO3. The monoisotopic (exact) mass is 386 g/mol. The minimum atomic E-state index is -0.644. The first-order valence-electron chi connectivity index (χ1n) is 10.3. The molecule has 1 aromatic heterocycles. The number of hydrogen-bond acceptors (Lipinski definition) is 3. The van der Waals surface area contributed by atoms with Gasteiger partial charge in [0, 0.05) is 6.42 Å². The SMILES string of the molecule is C=CCC/C=C/CCc1cc2ccc(OCCCCCCC)c(F)c2c(=O)o1. The summed E-state index contributed by atoms with van der Waals surface area (Å²) in [5.41, 5.74) is -0.644. The van der Waals surface area contributed by atoms with E-state index < -0.39 is 11.4 Å². The van der Waals surface area contributed by atoms with Gasteiger partial charge in [0.25, 0.3) is 0 Å². The van der Waals surface area contributed by atoms with E-state index in [4.69, 9.17) is 9.15 Å². The second-order valence-corrected chi connectivity index (χ2v) is 6.98. The number of hydrogen-bond donors (Lipinski definition) is 0. The molecule has 4 heteroatoms. The zero-order chi connectivity index (χ0) is 20.2. The molecule has 1 heterocycles. The van der Waals surface area contributed by atoms with E-state index in [0.717, 1.165) is 38.5 Å². The van der Waals surface area contributed by atoms with E-state index in [1.165, 1.54) is 12.8 Å². The highest BCUT2D eigenvalue weighted by Gasteiger charge is 2.14. The zero-order valence-corrected chi connectivity index (χ0v) is 16.8. The highest BCUT2D eigenvalue weighted by molar-refractivity contribution is 5.83. The third-order valence-corrected chi connectivity index (χ3v) is 4.65. The minimum absolute atomic E-state index is 0.0336. The predicted molar refractivity (Wildman–Crippen MR) is 114 cm³/mol. The Kier molecular flexibility index (Phi) is 9.53. The van der Waals surface area contributed by atoms with Crippen LogP contribution in [0, 0.1) is 5.82 Å². The van der Waals surface area contributed by atoms with Crippen LogP contribution in [0.4, 0.5) is 4.39 Å². The first kappa shape index (κ1) is 21.9. The van der Waals surface area contributed by atoms with Gasteiger partial charge in [0.2, 0.25) is 0 Å². The molecule has 0 radical (unpaired) electrons. The van der Waals surface area contributed by atoms with Crippen molar-refractivity contribution < 1.29 is 13.5 Å². The van der Waals surface area contributed by atoms with Crippen LogP contribution in [-0.4, -0.2) is 6.61 Å². The molecule has 0 amide bonds. The van der Waals surface area contributed by atoms with Crippen LogP contribution in [0.3, 0.4) is 0 Å². The summed E-state index contributed by atoms with van der Waals surface area (Å²) < 4.78 is 25.6. The molecule has 0 N–H and O–H groups in total. The first-order valence-corrected chi connectivity index (χ1v) is 10.3. The van der Waals surface area contributed by atoms with Crippen molar-refractivity contribution in [1.29, 1.82) is 0 Å². The molecule has 0 aliphatic rings. The van der Waals surface area contributed by atoms with Gasteiger partial charge in [-0.15, -0.1) is 6.58 Å². The summed E-state index contributed by atoms with van der Waals surface area (Å²) in [6.45, 7) is 6.30. The van der Waals surface area contributed by atoms with E-state index >= 15 is 0 Å². The predicted octanol–water partition coefficient (Wildman–Crippen LogP) is 6.74. The van der Waals surface area contributed by atoms with Crippen LogP contribution < -0.4 is 10.4 Å². The fourth-order valence-electron chi connectivity index (χ4n) is 3.07. The second-order valence-electron chi connectivity index (χ2n) is 6.98. The van der Waals surface area contributed by atoms with Gasteiger partial charge < -0.3 is 9.15 Å². The zero-order valence-electron chi connectivity index (χ0n) is 16.8. The van der Waals surface area contributed by atoms with Gasteiger partial charge in [0.15, 0.2) is 11.6 Å². The maximum absolute atomic E-state index is 14.7. The summed E-state index contributed by atoms with van der Waals surface area (Å²) in [5, 5.41) is 0.517. The Balaban J connectivity index is 2.00. The molecule has 0 unspecified atom stereocenters. The Morgan fingerprint density at radius 3 is 2.68 bits per heavy atom. The normalized spacial score (nSPS) is 11.4.